The van der Waals surface area contributed by atoms with E-state index in [-0.39, 0.29) is 12.4 Å². The van der Waals surface area contributed by atoms with Crippen LogP contribution in [0.25, 0.3) is 0 Å². The molecule has 0 aromatic rings. The molecule has 0 aliphatic heterocycles. The van der Waals surface area contributed by atoms with Crippen molar-refractivity contribution < 1.29 is 21.4 Å². The highest BCUT2D eigenvalue weighted by molar-refractivity contribution is 8.31. The van der Waals surface area contributed by atoms with Gasteiger partial charge >= 0.3 is 8.26 Å². The molecule has 1 N–H and O–H groups in total. The first-order valence-corrected chi connectivity index (χ1v) is 5.47. The predicted molar refractivity (Wildman–Crippen MR) is 40.8 cm³/mol. The van der Waals surface area contributed by atoms with E-state index in [1.807, 2.05) is 0 Å². The number of halogens is 3. The second-order valence-corrected chi connectivity index (χ2v) is 4.76. The standard InChI is InChI=1S/Cl2O2S.ClH.H2O3S/c1-5(2,3)4;;1-4(2)3/h;1H;4H,(H,1,2,3). The highest BCUT2D eigenvalue weighted by Gasteiger charge is 1.88. The monoisotopic (exact) mass is 252 g/mol. The van der Waals surface area contributed by atoms with Gasteiger partial charge in [-0.2, -0.15) is 8.42 Å². The van der Waals surface area contributed by atoms with Crippen LogP contribution in [0, 0.1) is 0 Å². The minimum Gasteiger partial charge on any atom is -0.288 e. The Balaban J connectivity index is -0.0000000910. The van der Waals surface area contributed by atoms with Crippen molar-refractivity contribution >= 4 is 53.0 Å². The van der Waals surface area contributed by atoms with Crippen molar-refractivity contribution in [2.24, 2.45) is 0 Å². The van der Waals surface area contributed by atoms with Crippen molar-refractivity contribution in [1.82, 2.24) is 0 Å². The summed E-state index contributed by atoms with van der Waals surface area (Å²) in [5.74, 6) is 0. The molecule has 0 spiro atoms. The van der Waals surface area contributed by atoms with Gasteiger partial charge in [-0.25, -0.2) is 8.42 Å². The molecular formula is H3Cl3O5S2. The third kappa shape index (κ3) is 979. The Morgan fingerprint density at radius 3 is 1.20 bits per heavy atom. The Morgan fingerprint density at radius 2 is 1.20 bits per heavy atom. The van der Waals surface area contributed by atoms with E-state index in [1.165, 1.54) is 0 Å². The Hall–Kier alpha value is 0.730. The first-order chi connectivity index (χ1) is 3.73. The molecule has 0 amide bonds. The molecule has 0 aliphatic rings. The maximum Gasteiger partial charge on any atom is 0.317 e. The molecule has 0 aromatic heterocycles. The summed E-state index contributed by atoms with van der Waals surface area (Å²) in [5.41, 5.74) is 0. The van der Waals surface area contributed by atoms with Crippen molar-refractivity contribution in [3.05, 3.63) is 0 Å². The fraction of sp³-hybridized carbons (Fsp3) is 0. The Kier molecular flexibility index (Phi) is 13.3. The minimum absolute atomic E-state index is 0. The zero-order chi connectivity index (χ0) is 8.08. The highest BCUT2D eigenvalue weighted by atomic mass is 36.0. The largest absolute Gasteiger partial charge is 0.317 e. The summed E-state index contributed by atoms with van der Waals surface area (Å²) in [6.07, 6.45) is 0. The average Bonchev–Trinajstić information content (AvgIpc) is 1.19. The fourth-order valence-electron chi connectivity index (χ4n) is 0. The van der Waals surface area contributed by atoms with E-state index in [0.29, 0.717) is 0 Å². The molecule has 10 heavy (non-hydrogen) atoms. The van der Waals surface area contributed by atoms with Crippen molar-refractivity contribution in [3.63, 3.8) is 0 Å². The van der Waals surface area contributed by atoms with Crippen molar-refractivity contribution in [1.29, 1.82) is 0 Å². The number of hydrogen-bond acceptors (Lipinski definition) is 4. The Bertz CT molecular complexity index is 195. The van der Waals surface area contributed by atoms with Gasteiger partial charge in [0, 0.05) is 21.4 Å². The summed E-state index contributed by atoms with van der Waals surface area (Å²) in [6, 6.07) is 0. The summed E-state index contributed by atoms with van der Waals surface area (Å²) >= 11 is 0. The summed E-state index contributed by atoms with van der Waals surface area (Å²) in [6.45, 7) is 0. The maximum atomic E-state index is 9.16. The van der Waals surface area contributed by atoms with Gasteiger partial charge in [-0.3, -0.25) is 4.55 Å². The summed E-state index contributed by atoms with van der Waals surface area (Å²) < 4.78 is 42.5. The van der Waals surface area contributed by atoms with E-state index >= 15 is 0 Å². The molecule has 0 aromatic carbocycles. The first-order valence-electron chi connectivity index (χ1n) is 1.21. The van der Waals surface area contributed by atoms with Gasteiger partial charge in [0.15, 0.2) is 0 Å². The van der Waals surface area contributed by atoms with Crippen molar-refractivity contribution in [3.8, 4) is 0 Å². The fourth-order valence-corrected chi connectivity index (χ4v) is 0. The lowest BCUT2D eigenvalue weighted by Crippen LogP contribution is -1.63. The van der Waals surface area contributed by atoms with Gasteiger partial charge in [0.2, 0.25) is 0 Å². The van der Waals surface area contributed by atoms with Crippen LogP contribution in [-0.4, -0.2) is 21.4 Å². The van der Waals surface area contributed by atoms with E-state index in [4.69, 9.17) is 21.4 Å². The van der Waals surface area contributed by atoms with Gasteiger partial charge in [0.05, 0.1) is 0 Å². The lowest BCUT2D eigenvalue weighted by molar-refractivity contribution is 0.509. The third-order valence-electron chi connectivity index (χ3n) is 0. The minimum atomic E-state index is -3.72. The predicted octanol–water partition coefficient (Wildman–Crippen LogP) is 0.201. The molecule has 0 aliphatic carbocycles. The van der Waals surface area contributed by atoms with Crippen LogP contribution in [0.4, 0.5) is 0 Å². The molecule has 0 rings (SSSR count). The topological polar surface area (TPSA) is 88.5 Å². The van der Waals surface area contributed by atoms with E-state index in [2.05, 4.69) is 21.4 Å². The molecule has 0 heterocycles. The van der Waals surface area contributed by atoms with Crippen LogP contribution in [0.2, 0.25) is 0 Å². The zero-order valence-corrected chi connectivity index (χ0v) is 8.14. The van der Waals surface area contributed by atoms with Gasteiger partial charge < -0.3 is 0 Å². The van der Waals surface area contributed by atoms with E-state index in [0.717, 1.165) is 0 Å². The van der Waals surface area contributed by atoms with Gasteiger partial charge in [-0.05, 0) is 0 Å². The van der Waals surface area contributed by atoms with Crippen LogP contribution < -0.4 is 0 Å². The summed E-state index contributed by atoms with van der Waals surface area (Å²) in [4.78, 5) is 0. The molecular weight excluding hydrogens is 250 g/mol. The molecule has 0 unspecified atom stereocenters. The normalized spacial score (nSPS) is 9.20. The third-order valence-corrected chi connectivity index (χ3v) is 0. The Labute approximate surface area is 74.4 Å². The smallest absolute Gasteiger partial charge is 0.288 e. The average molecular weight is 254 g/mol. The van der Waals surface area contributed by atoms with E-state index in [9.17, 15) is 0 Å². The summed E-state index contributed by atoms with van der Waals surface area (Å²) in [5, 5.41) is 0. The van der Waals surface area contributed by atoms with Gasteiger partial charge in [0.1, 0.15) is 0 Å². The lowest BCUT2D eigenvalue weighted by Gasteiger charge is -1.61. The highest BCUT2D eigenvalue weighted by Crippen LogP contribution is 1.98. The molecule has 0 atom stereocenters. The van der Waals surface area contributed by atoms with Crippen LogP contribution in [0.5, 0.6) is 0 Å². The second kappa shape index (κ2) is 7.83. The van der Waals surface area contributed by atoms with Crippen molar-refractivity contribution in [2.45, 2.75) is 0 Å². The zero-order valence-electron chi connectivity index (χ0n) is 4.10. The van der Waals surface area contributed by atoms with Crippen LogP contribution >= 0.6 is 33.8 Å². The van der Waals surface area contributed by atoms with E-state index < -0.39 is 19.2 Å². The molecule has 0 saturated heterocycles. The maximum absolute atomic E-state index is 9.16. The SMILES string of the molecule is Cl.O=S(=O)(Cl)Cl.O=[SH](=O)O. The Morgan fingerprint density at radius 1 is 1.20 bits per heavy atom. The molecule has 0 saturated carbocycles. The molecule has 0 bridgehead atoms. The second-order valence-electron chi connectivity index (χ2n) is 0.616. The van der Waals surface area contributed by atoms with Crippen LogP contribution in [0.3, 0.4) is 0 Å². The van der Waals surface area contributed by atoms with Crippen LogP contribution in [0.1, 0.15) is 0 Å². The van der Waals surface area contributed by atoms with Gasteiger partial charge in [0.25, 0.3) is 11.0 Å². The van der Waals surface area contributed by atoms with E-state index in [1.54, 1.807) is 0 Å². The molecule has 5 nitrogen and oxygen atoms in total. The first kappa shape index (κ1) is 17.0. The number of hydrogen-bond donors (Lipinski definition) is 2. The number of thiol groups is 1. The van der Waals surface area contributed by atoms with Crippen molar-refractivity contribution in [2.75, 3.05) is 0 Å². The van der Waals surface area contributed by atoms with Gasteiger partial charge in [-0.15, -0.1) is 12.4 Å². The lowest BCUT2D eigenvalue weighted by atomic mass is 15.9. The van der Waals surface area contributed by atoms with Crippen LogP contribution in [0.15, 0.2) is 0 Å². The quantitative estimate of drug-likeness (QED) is 0.366. The summed E-state index contributed by atoms with van der Waals surface area (Å²) in [7, 11) is 1.69. The molecule has 0 fully saturated rings. The van der Waals surface area contributed by atoms with Gasteiger partial charge in [-0.1, -0.05) is 0 Å². The molecule has 10 heteroatoms. The van der Waals surface area contributed by atoms with Crippen LogP contribution in [-0.2, 0) is 19.2 Å². The molecule has 66 valence electrons. The molecule has 0 radical (unpaired) electrons. The number of rotatable bonds is 0.